The number of hydrogen-bond donors (Lipinski definition) is 2. The predicted molar refractivity (Wildman–Crippen MR) is 96.7 cm³/mol. The molecule has 5 aliphatic rings. The van der Waals surface area contributed by atoms with E-state index >= 15 is 0 Å². The number of amides is 2. The SMILES string of the molecule is O=C1CCC2(CCNC2=O)CC1.O=C1NCCC12CCC1(CC2)OCCO1. The van der Waals surface area contributed by atoms with Crippen LogP contribution in [0.15, 0.2) is 0 Å². The van der Waals surface area contributed by atoms with Crippen LogP contribution in [0.5, 0.6) is 0 Å². The summed E-state index contributed by atoms with van der Waals surface area (Å²) in [6.07, 6.45) is 8.26. The van der Waals surface area contributed by atoms with Gasteiger partial charge in [0.05, 0.1) is 24.0 Å². The summed E-state index contributed by atoms with van der Waals surface area (Å²) >= 11 is 0. The van der Waals surface area contributed by atoms with Crippen molar-refractivity contribution in [1.29, 1.82) is 0 Å². The topological polar surface area (TPSA) is 93.7 Å². The fraction of sp³-hybridized carbons (Fsp3) is 0.850. The van der Waals surface area contributed by atoms with Gasteiger partial charge in [-0.15, -0.1) is 0 Å². The molecule has 7 nitrogen and oxygen atoms in total. The molecule has 3 saturated heterocycles. The van der Waals surface area contributed by atoms with E-state index in [1.165, 1.54) is 0 Å². The van der Waals surface area contributed by atoms with Crippen LogP contribution in [0.4, 0.5) is 0 Å². The largest absolute Gasteiger partial charge is 0.356 e. The zero-order valence-corrected chi connectivity index (χ0v) is 15.9. The third kappa shape index (κ3) is 3.51. The van der Waals surface area contributed by atoms with Crippen LogP contribution in [0.3, 0.4) is 0 Å². The predicted octanol–water partition coefficient (Wildman–Crippen LogP) is 1.45. The lowest BCUT2D eigenvalue weighted by Gasteiger charge is -2.39. The highest BCUT2D eigenvalue weighted by molar-refractivity contribution is 5.88. The van der Waals surface area contributed by atoms with Crippen molar-refractivity contribution in [3.8, 4) is 0 Å². The van der Waals surface area contributed by atoms with E-state index in [2.05, 4.69) is 10.6 Å². The molecule has 0 aromatic rings. The highest BCUT2D eigenvalue weighted by Crippen LogP contribution is 2.48. The van der Waals surface area contributed by atoms with Gasteiger partial charge in [0.15, 0.2) is 5.79 Å². The van der Waals surface area contributed by atoms with Gasteiger partial charge in [-0.1, -0.05) is 0 Å². The summed E-state index contributed by atoms with van der Waals surface area (Å²) in [6.45, 7) is 3.05. The minimum atomic E-state index is -0.339. The van der Waals surface area contributed by atoms with Crippen LogP contribution < -0.4 is 10.6 Å². The number of carbonyl (C=O) groups is 3. The Morgan fingerprint density at radius 2 is 1.11 bits per heavy atom. The van der Waals surface area contributed by atoms with Crippen molar-refractivity contribution < 1.29 is 23.9 Å². The van der Waals surface area contributed by atoms with Crippen molar-refractivity contribution in [3.05, 3.63) is 0 Å². The van der Waals surface area contributed by atoms with Crippen molar-refractivity contribution >= 4 is 17.6 Å². The molecule has 150 valence electrons. The standard InChI is InChI=1S/C11H17NO3.C9H13NO2/c13-9-10(5-6-12-9)1-3-11(4-2-10)14-7-8-15-11;11-7-1-3-9(4-2-7)5-6-10-8(9)12/h1-8H2,(H,12,13);1-6H2,(H,10,12). The summed E-state index contributed by atoms with van der Waals surface area (Å²) in [7, 11) is 0. The zero-order chi connectivity index (χ0) is 19.0. The molecule has 2 N–H and O–H groups in total. The van der Waals surface area contributed by atoms with Crippen LogP contribution in [0, 0.1) is 10.8 Å². The number of Topliss-reactive ketones (excluding diaryl/α,β-unsaturated/α-hetero) is 1. The number of carbonyl (C=O) groups excluding carboxylic acids is 3. The fourth-order valence-electron chi connectivity index (χ4n) is 5.29. The van der Waals surface area contributed by atoms with Crippen molar-refractivity contribution in [2.75, 3.05) is 26.3 Å². The average Bonchev–Trinajstić information content (AvgIpc) is 3.37. The van der Waals surface area contributed by atoms with Gasteiger partial charge in [-0.2, -0.15) is 0 Å². The van der Waals surface area contributed by atoms with Crippen LogP contribution in [0.25, 0.3) is 0 Å². The molecule has 5 fully saturated rings. The van der Waals surface area contributed by atoms with Gasteiger partial charge in [0.1, 0.15) is 5.78 Å². The summed E-state index contributed by atoms with van der Waals surface area (Å²) in [5.74, 6) is 0.402. The average molecular weight is 378 g/mol. The Morgan fingerprint density at radius 1 is 0.630 bits per heavy atom. The Kier molecular flexibility index (Phi) is 5.01. The Hall–Kier alpha value is -1.47. The van der Waals surface area contributed by atoms with E-state index in [0.717, 1.165) is 64.5 Å². The van der Waals surface area contributed by atoms with E-state index in [9.17, 15) is 14.4 Å². The number of ketones is 1. The molecule has 0 unspecified atom stereocenters. The highest BCUT2D eigenvalue weighted by Gasteiger charge is 2.51. The first-order valence-electron chi connectivity index (χ1n) is 10.3. The first kappa shape index (κ1) is 18.9. The summed E-state index contributed by atoms with van der Waals surface area (Å²) in [6, 6.07) is 0. The lowest BCUT2D eigenvalue weighted by Crippen LogP contribution is -2.43. The molecule has 3 aliphatic heterocycles. The van der Waals surface area contributed by atoms with Gasteiger partial charge in [-0.05, 0) is 38.5 Å². The Bertz CT molecular complexity index is 606. The molecule has 2 amide bonds. The minimum Gasteiger partial charge on any atom is -0.356 e. The number of hydrogen-bond acceptors (Lipinski definition) is 5. The molecule has 0 bridgehead atoms. The second-order valence-corrected chi connectivity index (χ2v) is 8.72. The number of rotatable bonds is 0. The maximum atomic E-state index is 11.8. The van der Waals surface area contributed by atoms with E-state index < -0.39 is 0 Å². The molecule has 2 aliphatic carbocycles. The molecule has 5 rings (SSSR count). The van der Waals surface area contributed by atoms with Gasteiger partial charge < -0.3 is 20.1 Å². The lowest BCUT2D eigenvalue weighted by atomic mass is 9.71. The van der Waals surface area contributed by atoms with Gasteiger partial charge in [-0.3, -0.25) is 14.4 Å². The molecule has 0 radical (unpaired) electrons. The molecule has 2 saturated carbocycles. The smallest absolute Gasteiger partial charge is 0.226 e. The van der Waals surface area contributed by atoms with Crippen LogP contribution in [0.1, 0.15) is 64.2 Å². The summed E-state index contributed by atoms with van der Waals surface area (Å²) in [4.78, 5) is 34.2. The van der Waals surface area contributed by atoms with Crippen LogP contribution in [-0.4, -0.2) is 49.7 Å². The molecular formula is C20H30N2O5. The van der Waals surface area contributed by atoms with E-state index in [0.29, 0.717) is 31.8 Å². The highest BCUT2D eigenvalue weighted by atomic mass is 16.7. The summed E-state index contributed by atoms with van der Waals surface area (Å²) in [5, 5.41) is 5.78. The molecule has 0 aromatic carbocycles. The van der Waals surface area contributed by atoms with Gasteiger partial charge in [0, 0.05) is 38.8 Å². The molecule has 27 heavy (non-hydrogen) atoms. The molecule has 3 heterocycles. The quantitative estimate of drug-likeness (QED) is 0.665. The second-order valence-electron chi connectivity index (χ2n) is 8.72. The number of nitrogens with one attached hydrogen (secondary N) is 2. The Balaban J connectivity index is 0.000000137. The number of ether oxygens (including phenoxy) is 2. The molecule has 0 aromatic heterocycles. The van der Waals surface area contributed by atoms with Crippen molar-refractivity contribution in [1.82, 2.24) is 10.6 Å². The third-order valence-electron chi connectivity index (χ3n) is 7.29. The Labute approximate surface area is 159 Å². The molecule has 7 heteroatoms. The first-order valence-corrected chi connectivity index (χ1v) is 10.3. The fourth-order valence-corrected chi connectivity index (χ4v) is 5.29. The summed E-state index contributed by atoms with van der Waals surface area (Å²) < 4.78 is 11.3. The van der Waals surface area contributed by atoms with Crippen LogP contribution in [-0.2, 0) is 23.9 Å². The molecular weight excluding hydrogens is 348 g/mol. The van der Waals surface area contributed by atoms with E-state index in [1.54, 1.807) is 0 Å². The zero-order valence-electron chi connectivity index (χ0n) is 15.9. The second kappa shape index (κ2) is 7.17. The van der Waals surface area contributed by atoms with Crippen LogP contribution in [0.2, 0.25) is 0 Å². The Morgan fingerprint density at radius 3 is 1.56 bits per heavy atom. The van der Waals surface area contributed by atoms with Gasteiger partial charge in [-0.25, -0.2) is 0 Å². The maximum absolute atomic E-state index is 11.8. The minimum absolute atomic E-state index is 0.0967. The lowest BCUT2D eigenvalue weighted by molar-refractivity contribution is -0.191. The normalized spacial score (nSPS) is 30.3. The maximum Gasteiger partial charge on any atom is 0.226 e. The van der Waals surface area contributed by atoms with E-state index in [4.69, 9.17) is 9.47 Å². The summed E-state index contributed by atoms with van der Waals surface area (Å²) in [5.41, 5.74) is -0.255. The third-order valence-corrected chi connectivity index (χ3v) is 7.29. The van der Waals surface area contributed by atoms with Gasteiger partial charge in [0.2, 0.25) is 11.8 Å². The van der Waals surface area contributed by atoms with E-state index in [1.807, 2.05) is 0 Å². The monoisotopic (exact) mass is 378 g/mol. The van der Waals surface area contributed by atoms with Crippen molar-refractivity contribution in [3.63, 3.8) is 0 Å². The van der Waals surface area contributed by atoms with Crippen molar-refractivity contribution in [2.45, 2.75) is 70.0 Å². The van der Waals surface area contributed by atoms with Gasteiger partial charge in [0.25, 0.3) is 0 Å². The molecule has 3 spiro atoms. The van der Waals surface area contributed by atoms with Crippen molar-refractivity contribution in [2.24, 2.45) is 10.8 Å². The molecule has 0 atom stereocenters. The van der Waals surface area contributed by atoms with Gasteiger partial charge >= 0.3 is 0 Å². The van der Waals surface area contributed by atoms with E-state index in [-0.39, 0.29) is 28.4 Å². The van der Waals surface area contributed by atoms with Crippen LogP contribution >= 0.6 is 0 Å². The first-order chi connectivity index (χ1) is 13.0.